The first kappa shape index (κ1) is 18.6. The van der Waals surface area contributed by atoms with Crippen molar-refractivity contribution in [2.24, 2.45) is 0 Å². The summed E-state index contributed by atoms with van der Waals surface area (Å²) >= 11 is 0. The van der Waals surface area contributed by atoms with Crippen molar-refractivity contribution in [2.75, 3.05) is 38.7 Å². The van der Waals surface area contributed by atoms with Crippen molar-refractivity contribution < 1.29 is 23.9 Å². The van der Waals surface area contributed by atoms with E-state index in [0.29, 0.717) is 25.8 Å². The van der Waals surface area contributed by atoms with Gasteiger partial charge in [-0.2, -0.15) is 0 Å². The van der Waals surface area contributed by atoms with Crippen LogP contribution in [0.1, 0.15) is 30.9 Å². The minimum Gasteiger partial charge on any atom is -0.497 e. The number of rotatable bonds is 5. The lowest BCUT2D eigenvalue weighted by Crippen LogP contribution is -3.11. The first-order valence-electron chi connectivity index (χ1n) is 9.91. The summed E-state index contributed by atoms with van der Waals surface area (Å²) in [7, 11) is 1.62. The molecule has 2 atom stereocenters. The third-order valence-corrected chi connectivity index (χ3v) is 5.40. The van der Waals surface area contributed by atoms with Crippen molar-refractivity contribution in [1.82, 2.24) is 0 Å². The quantitative estimate of drug-likeness (QED) is 0.831. The van der Waals surface area contributed by atoms with Gasteiger partial charge in [0, 0.05) is 36.6 Å². The molecule has 1 fully saturated rings. The second-order valence-corrected chi connectivity index (χ2v) is 7.32. The Labute approximate surface area is 165 Å². The molecule has 1 amide bonds. The van der Waals surface area contributed by atoms with E-state index in [1.165, 1.54) is 10.5 Å². The van der Waals surface area contributed by atoms with Crippen molar-refractivity contribution >= 4 is 11.6 Å². The van der Waals surface area contributed by atoms with Crippen LogP contribution in [0, 0.1) is 0 Å². The number of carbonyl (C=O) groups is 1. The van der Waals surface area contributed by atoms with Gasteiger partial charge in [-0.15, -0.1) is 0 Å². The van der Waals surface area contributed by atoms with E-state index in [-0.39, 0.29) is 5.91 Å². The molecule has 6 nitrogen and oxygen atoms in total. The lowest BCUT2D eigenvalue weighted by molar-refractivity contribution is -0.910. The van der Waals surface area contributed by atoms with E-state index < -0.39 is 0 Å². The third kappa shape index (κ3) is 4.22. The van der Waals surface area contributed by atoms with Crippen LogP contribution in [0.4, 0.5) is 5.69 Å². The molecule has 28 heavy (non-hydrogen) atoms. The van der Waals surface area contributed by atoms with E-state index in [1.807, 2.05) is 30.3 Å². The van der Waals surface area contributed by atoms with Gasteiger partial charge < -0.3 is 24.4 Å². The van der Waals surface area contributed by atoms with E-state index in [1.54, 1.807) is 7.11 Å². The second kappa shape index (κ2) is 8.52. The van der Waals surface area contributed by atoms with Crippen LogP contribution < -0.4 is 24.4 Å². The SMILES string of the molecule is COc1cccc(NC(=O)C[NH+]2CCC[C@H]2c2ccc3c(c2)OCCCO3)c1. The molecule has 148 valence electrons. The van der Waals surface area contributed by atoms with Crippen LogP contribution in [0.3, 0.4) is 0 Å². The third-order valence-electron chi connectivity index (χ3n) is 5.40. The Morgan fingerprint density at radius 1 is 1.14 bits per heavy atom. The van der Waals surface area contributed by atoms with Crippen molar-refractivity contribution in [2.45, 2.75) is 25.3 Å². The number of methoxy groups -OCH3 is 1. The summed E-state index contributed by atoms with van der Waals surface area (Å²) in [6.07, 6.45) is 3.08. The van der Waals surface area contributed by atoms with Crippen molar-refractivity contribution in [3.63, 3.8) is 0 Å². The Morgan fingerprint density at radius 2 is 2.00 bits per heavy atom. The maximum Gasteiger partial charge on any atom is 0.279 e. The normalized spacial score (nSPS) is 21.0. The molecule has 2 aliphatic heterocycles. The number of hydrogen-bond acceptors (Lipinski definition) is 4. The van der Waals surface area contributed by atoms with Gasteiger partial charge in [0.05, 0.1) is 26.9 Å². The first-order valence-corrected chi connectivity index (χ1v) is 9.91. The van der Waals surface area contributed by atoms with Gasteiger partial charge in [0.15, 0.2) is 18.0 Å². The summed E-state index contributed by atoms with van der Waals surface area (Å²) in [6, 6.07) is 14.0. The van der Waals surface area contributed by atoms with E-state index in [4.69, 9.17) is 14.2 Å². The summed E-state index contributed by atoms with van der Waals surface area (Å²) < 4.78 is 16.8. The molecule has 0 aliphatic carbocycles. The molecule has 2 aromatic carbocycles. The van der Waals surface area contributed by atoms with E-state index in [0.717, 1.165) is 48.7 Å². The number of amides is 1. The van der Waals surface area contributed by atoms with Crippen molar-refractivity contribution in [3.8, 4) is 17.2 Å². The number of ether oxygens (including phenoxy) is 3. The Kier molecular flexibility index (Phi) is 5.67. The zero-order chi connectivity index (χ0) is 19.3. The number of hydrogen-bond donors (Lipinski definition) is 2. The summed E-state index contributed by atoms with van der Waals surface area (Å²) in [6.45, 7) is 2.80. The van der Waals surface area contributed by atoms with Crippen LogP contribution in [-0.2, 0) is 4.79 Å². The highest BCUT2D eigenvalue weighted by Gasteiger charge is 2.32. The summed E-state index contributed by atoms with van der Waals surface area (Å²) in [4.78, 5) is 13.9. The Hall–Kier alpha value is -2.73. The van der Waals surface area contributed by atoms with Crippen LogP contribution in [0.15, 0.2) is 42.5 Å². The van der Waals surface area contributed by atoms with Gasteiger partial charge >= 0.3 is 0 Å². The van der Waals surface area contributed by atoms with Crippen LogP contribution in [-0.4, -0.2) is 39.3 Å². The first-order chi connectivity index (χ1) is 13.7. The molecule has 2 N–H and O–H groups in total. The zero-order valence-electron chi connectivity index (χ0n) is 16.2. The topological polar surface area (TPSA) is 61.2 Å². The smallest absolute Gasteiger partial charge is 0.279 e. The van der Waals surface area contributed by atoms with E-state index in [9.17, 15) is 4.79 Å². The van der Waals surface area contributed by atoms with Crippen LogP contribution in [0.25, 0.3) is 0 Å². The molecular weight excluding hydrogens is 356 g/mol. The monoisotopic (exact) mass is 383 g/mol. The fourth-order valence-corrected chi connectivity index (χ4v) is 4.03. The predicted octanol–water partition coefficient (Wildman–Crippen LogP) is 2.21. The minimum absolute atomic E-state index is 0.0181. The number of carbonyl (C=O) groups excluding carboxylic acids is 1. The van der Waals surface area contributed by atoms with Gasteiger partial charge in [-0.05, 0) is 30.3 Å². The largest absolute Gasteiger partial charge is 0.497 e. The Bertz CT molecular complexity index is 839. The van der Waals surface area contributed by atoms with E-state index >= 15 is 0 Å². The van der Waals surface area contributed by atoms with Gasteiger partial charge in [-0.25, -0.2) is 0 Å². The van der Waals surface area contributed by atoms with Crippen LogP contribution >= 0.6 is 0 Å². The van der Waals surface area contributed by atoms with Crippen molar-refractivity contribution in [3.05, 3.63) is 48.0 Å². The van der Waals surface area contributed by atoms with Gasteiger partial charge in [0.25, 0.3) is 5.91 Å². The standard InChI is InChI=1S/C22H26N2O4/c1-26-18-6-2-5-17(14-18)23-22(25)15-24-10-3-7-19(24)16-8-9-20-21(13-16)28-12-4-11-27-20/h2,5-6,8-9,13-14,19H,3-4,7,10-12,15H2,1H3,(H,23,25)/p+1/t19-/m0/s1. The fourth-order valence-electron chi connectivity index (χ4n) is 4.03. The highest BCUT2D eigenvalue weighted by atomic mass is 16.5. The van der Waals surface area contributed by atoms with Crippen molar-refractivity contribution in [1.29, 1.82) is 0 Å². The maximum absolute atomic E-state index is 12.6. The molecule has 1 unspecified atom stereocenters. The van der Waals surface area contributed by atoms with E-state index in [2.05, 4.69) is 17.4 Å². The second-order valence-electron chi connectivity index (χ2n) is 7.32. The molecule has 0 radical (unpaired) electrons. The lowest BCUT2D eigenvalue weighted by Gasteiger charge is -2.22. The van der Waals surface area contributed by atoms with Gasteiger partial charge in [0.2, 0.25) is 0 Å². The highest BCUT2D eigenvalue weighted by molar-refractivity contribution is 5.91. The van der Waals surface area contributed by atoms with Gasteiger partial charge in [-0.1, -0.05) is 6.07 Å². The molecule has 2 aromatic rings. The van der Waals surface area contributed by atoms with Crippen LogP contribution in [0.5, 0.6) is 17.2 Å². The molecule has 1 saturated heterocycles. The minimum atomic E-state index is 0.0181. The number of fused-ring (bicyclic) bond motifs is 1. The molecule has 2 aliphatic rings. The Balaban J connectivity index is 1.43. The maximum atomic E-state index is 12.6. The zero-order valence-corrected chi connectivity index (χ0v) is 16.2. The summed E-state index contributed by atoms with van der Waals surface area (Å²) in [5.74, 6) is 2.39. The number of nitrogens with one attached hydrogen (secondary N) is 2. The molecule has 0 spiro atoms. The molecule has 0 saturated carbocycles. The average molecular weight is 383 g/mol. The highest BCUT2D eigenvalue weighted by Crippen LogP contribution is 2.33. The number of benzene rings is 2. The lowest BCUT2D eigenvalue weighted by atomic mass is 10.0. The molecule has 0 aromatic heterocycles. The number of quaternary nitrogens is 1. The molecule has 2 heterocycles. The fraction of sp³-hybridized carbons (Fsp3) is 0.409. The average Bonchev–Trinajstić information content (AvgIpc) is 3.03. The number of anilines is 1. The molecular formula is C22H27N2O4+. The molecule has 0 bridgehead atoms. The summed E-state index contributed by atoms with van der Waals surface area (Å²) in [5.41, 5.74) is 1.97. The van der Waals surface area contributed by atoms with Crippen LogP contribution in [0.2, 0.25) is 0 Å². The predicted molar refractivity (Wildman–Crippen MR) is 106 cm³/mol. The van der Waals surface area contributed by atoms with Gasteiger partial charge in [0.1, 0.15) is 11.8 Å². The molecule has 4 rings (SSSR count). The van der Waals surface area contributed by atoms with Gasteiger partial charge in [-0.3, -0.25) is 4.79 Å². The Morgan fingerprint density at radius 3 is 2.86 bits per heavy atom. The molecule has 6 heteroatoms. The number of likely N-dealkylation sites (tertiary alicyclic amines) is 1. The summed E-state index contributed by atoms with van der Waals surface area (Å²) in [5, 5.41) is 2.99.